The van der Waals surface area contributed by atoms with Gasteiger partial charge in [-0.1, -0.05) is 41.7 Å². The molecule has 1 atom stereocenters. The summed E-state index contributed by atoms with van der Waals surface area (Å²) in [5, 5.41) is 0. The third-order valence-electron chi connectivity index (χ3n) is 2.26. The smallest absolute Gasteiger partial charge is 0.207 e. The zero-order valence-electron chi connectivity index (χ0n) is 8.98. The minimum atomic E-state index is -3.24. The van der Waals surface area contributed by atoms with Crippen molar-refractivity contribution in [2.75, 3.05) is 13.6 Å². The van der Waals surface area contributed by atoms with Gasteiger partial charge in [0.1, 0.15) is 0 Å². The fraction of sp³-hybridized carbons (Fsp3) is 0.600. The lowest BCUT2D eigenvalue weighted by atomic mass is 10.2. The Hall–Kier alpha value is 0.120. The molecule has 0 heterocycles. The van der Waals surface area contributed by atoms with E-state index < -0.39 is 10.0 Å². The lowest BCUT2D eigenvalue weighted by Crippen LogP contribution is -2.28. The Morgan fingerprint density at radius 2 is 2.27 bits per heavy atom. The predicted molar refractivity (Wildman–Crippen MR) is 71.5 cm³/mol. The minimum Gasteiger partial charge on any atom is -0.207 e. The van der Waals surface area contributed by atoms with E-state index in [-0.39, 0.29) is 0 Å². The summed E-state index contributed by atoms with van der Waals surface area (Å²) < 4.78 is 25.8. The van der Waals surface area contributed by atoms with Gasteiger partial charge < -0.3 is 0 Å². The van der Waals surface area contributed by atoms with Gasteiger partial charge in [-0.3, -0.25) is 0 Å². The number of hydrogen-bond acceptors (Lipinski definition) is 2. The molecule has 0 aromatic heterocycles. The number of sulfonamides is 1. The van der Waals surface area contributed by atoms with Crippen molar-refractivity contribution in [3.8, 4) is 0 Å². The van der Waals surface area contributed by atoms with E-state index >= 15 is 0 Å². The molecule has 15 heavy (non-hydrogen) atoms. The van der Waals surface area contributed by atoms with E-state index in [1.807, 2.05) is 13.0 Å². The summed E-state index contributed by atoms with van der Waals surface area (Å²) in [6.45, 7) is 2.54. The van der Waals surface area contributed by atoms with Crippen LogP contribution in [0.5, 0.6) is 0 Å². The average Bonchev–Trinajstić information content (AvgIpc) is 2.18. The van der Waals surface area contributed by atoms with E-state index in [0.29, 0.717) is 15.4 Å². The summed E-state index contributed by atoms with van der Waals surface area (Å²) >= 11 is 2.29. The van der Waals surface area contributed by atoms with Crippen molar-refractivity contribution in [3.05, 3.63) is 23.1 Å². The molecule has 86 valence electrons. The molecule has 5 heteroatoms. The van der Waals surface area contributed by atoms with Crippen LogP contribution in [0.1, 0.15) is 19.8 Å². The highest BCUT2D eigenvalue weighted by Crippen LogP contribution is 2.22. The highest BCUT2D eigenvalue weighted by Gasteiger charge is 2.22. The van der Waals surface area contributed by atoms with Gasteiger partial charge in [-0.15, -0.1) is 0 Å². The summed E-state index contributed by atoms with van der Waals surface area (Å²) in [7, 11) is -1.61. The number of hydrogen-bond donors (Lipinski definition) is 0. The van der Waals surface area contributed by atoms with Gasteiger partial charge in [0, 0.05) is 17.5 Å². The zero-order chi connectivity index (χ0) is 11.5. The lowest BCUT2D eigenvalue weighted by Gasteiger charge is -2.19. The maximum absolute atomic E-state index is 12.0. The van der Waals surface area contributed by atoms with Crippen LogP contribution in [0.25, 0.3) is 0 Å². The van der Waals surface area contributed by atoms with Crippen LogP contribution >= 0.6 is 22.6 Å². The second kappa shape index (κ2) is 5.45. The molecule has 0 spiro atoms. The maximum Gasteiger partial charge on any atom is 0.242 e. The Balaban J connectivity index is 2.84. The normalized spacial score (nSPS) is 21.9. The molecule has 3 nitrogen and oxygen atoms in total. The van der Waals surface area contributed by atoms with Gasteiger partial charge in [-0.25, -0.2) is 12.7 Å². The quantitative estimate of drug-likeness (QED) is 0.581. The van der Waals surface area contributed by atoms with Crippen LogP contribution in [0.4, 0.5) is 0 Å². The van der Waals surface area contributed by atoms with Gasteiger partial charge in [0.25, 0.3) is 0 Å². The van der Waals surface area contributed by atoms with Gasteiger partial charge in [-0.2, -0.15) is 0 Å². The van der Waals surface area contributed by atoms with Crippen molar-refractivity contribution in [1.82, 2.24) is 4.31 Å². The molecule has 0 N–H and O–H groups in total. The van der Waals surface area contributed by atoms with Crippen LogP contribution in [0, 0.1) is 0 Å². The zero-order valence-corrected chi connectivity index (χ0v) is 12.0. The molecule has 0 saturated heterocycles. The second-order valence-electron chi connectivity index (χ2n) is 3.54. The molecule has 1 aliphatic carbocycles. The van der Waals surface area contributed by atoms with Gasteiger partial charge in [-0.05, 0) is 18.9 Å². The Bertz CT molecular complexity index is 373. The monoisotopic (exact) mass is 341 g/mol. The third kappa shape index (κ3) is 3.29. The summed E-state index contributed by atoms with van der Waals surface area (Å²) in [6, 6.07) is 0. The summed E-state index contributed by atoms with van der Waals surface area (Å²) in [4.78, 5) is 0.436. The highest BCUT2D eigenvalue weighted by atomic mass is 127. The maximum atomic E-state index is 12.0. The topological polar surface area (TPSA) is 37.4 Å². The molecule has 1 aliphatic rings. The van der Waals surface area contributed by atoms with Crippen molar-refractivity contribution in [2.24, 2.45) is 0 Å². The molecule has 0 aromatic rings. The van der Waals surface area contributed by atoms with Crippen molar-refractivity contribution >= 4 is 32.6 Å². The van der Waals surface area contributed by atoms with E-state index in [9.17, 15) is 8.42 Å². The second-order valence-corrected chi connectivity index (χ2v) is 7.19. The summed E-state index contributed by atoms with van der Waals surface area (Å²) in [6.07, 6.45) is 7.08. The lowest BCUT2D eigenvalue weighted by molar-refractivity contribution is 0.475. The van der Waals surface area contributed by atoms with Crippen molar-refractivity contribution in [3.63, 3.8) is 0 Å². The largest absolute Gasteiger partial charge is 0.242 e. The molecule has 0 aromatic carbocycles. The molecule has 0 saturated carbocycles. The third-order valence-corrected chi connectivity index (χ3v) is 5.09. The number of allylic oxidation sites excluding steroid dienone is 3. The number of rotatable bonds is 4. The Labute approximate surface area is 105 Å². The van der Waals surface area contributed by atoms with E-state index in [0.717, 1.165) is 12.8 Å². The molecule has 0 radical (unpaired) electrons. The van der Waals surface area contributed by atoms with Crippen molar-refractivity contribution in [1.29, 1.82) is 0 Å². The van der Waals surface area contributed by atoms with Crippen LogP contribution in [-0.4, -0.2) is 30.2 Å². The van der Waals surface area contributed by atoms with Crippen LogP contribution in [0.15, 0.2) is 23.1 Å². The molecule has 0 amide bonds. The molecule has 0 fully saturated rings. The van der Waals surface area contributed by atoms with E-state index in [1.54, 1.807) is 19.2 Å². The van der Waals surface area contributed by atoms with Crippen LogP contribution < -0.4 is 0 Å². The van der Waals surface area contributed by atoms with Crippen LogP contribution in [0.3, 0.4) is 0 Å². The van der Waals surface area contributed by atoms with E-state index in [2.05, 4.69) is 22.6 Å². The molecule has 1 rings (SSSR count). The first-order valence-corrected chi connectivity index (χ1v) is 7.66. The standard InChI is InChI=1S/C10H16INO2S/c1-3-8-12(2)15(13,14)10-6-4-9(11)5-7-10/h4,6-7,9H,3,5,8H2,1-2H3. The van der Waals surface area contributed by atoms with Crippen molar-refractivity contribution < 1.29 is 8.42 Å². The first-order chi connectivity index (χ1) is 6.98. The Morgan fingerprint density at radius 3 is 2.73 bits per heavy atom. The molecule has 0 aliphatic heterocycles. The highest BCUT2D eigenvalue weighted by molar-refractivity contribution is 14.1. The van der Waals surface area contributed by atoms with Gasteiger partial charge in [0.15, 0.2) is 0 Å². The van der Waals surface area contributed by atoms with Gasteiger partial charge in [0.05, 0.1) is 4.91 Å². The van der Waals surface area contributed by atoms with E-state index in [4.69, 9.17) is 0 Å². The predicted octanol–water partition coefficient (Wildman–Crippen LogP) is 2.31. The Morgan fingerprint density at radius 1 is 1.60 bits per heavy atom. The number of halogens is 1. The van der Waals surface area contributed by atoms with Gasteiger partial charge in [0.2, 0.25) is 10.0 Å². The van der Waals surface area contributed by atoms with Crippen LogP contribution in [-0.2, 0) is 10.0 Å². The number of alkyl halides is 1. The first kappa shape index (κ1) is 13.2. The Kier molecular flexibility index (Phi) is 4.79. The fourth-order valence-corrected chi connectivity index (χ4v) is 3.18. The number of nitrogens with zero attached hydrogens (tertiary/aromatic N) is 1. The summed E-state index contributed by atoms with van der Waals surface area (Å²) in [5.74, 6) is 0. The van der Waals surface area contributed by atoms with Crippen LogP contribution in [0.2, 0.25) is 0 Å². The SMILES string of the molecule is CCCN(C)S(=O)(=O)C1=CCC(I)C=C1. The van der Waals surface area contributed by atoms with Crippen molar-refractivity contribution in [2.45, 2.75) is 23.7 Å². The first-order valence-electron chi connectivity index (χ1n) is 4.97. The molecule has 0 bridgehead atoms. The molecule has 1 unspecified atom stereocenters. The molecular weight excluding hydrogens is 325 g/mol. The van der Waals surface area contributed by atoms with E-state index in [1.165, 1.54) is 4.31 Å². The molecular formula is C10H16INO2S. The fourth-order valence-electron chi connectivity index (χ4n) is 1.38. The summed E-state index contributed by atoms with van der Waals surface area (Å²) in [5.41, 5.74) is 0. The minimum absolute atomic E-state index is 0.415. The van der Waals surface area contributed by atoms with Gasteiger partial charge >= 0.3 is 0 Å². The average molecular weight is 341 g/mol.